The number of hydrogen-bond donors (Lipinski definition) is 1. The van der Waals surface area contributed by atoms with Crippen molar-refractivity contribution >= 4 is 18.4 Å². The zero-order valence-electron chi connectivity index (χ0n) is 7.84. The Hall–Kier alpha value is -0.580. The number of allylic oxidation sites excluding steroid dienone is 2. The molecule has 0 aromatic carbocycles. The second-order valence-corrected chi connectivity index (χ2v) is 4.20. The molecule has 0 aromatic heterocycles. The van der Waals surface area contributed by atoms with Crippen molar-refractivity contribution in [2.24, 2.45) is 0 Å². The van der Waals surface area contributed by atoms with E-state index in [1.807, 2.05) is 12.2 Å². The molecule has 3 atom stereocenters. The summed E-state index contributed by atoms with van der Waals surface area (Å²) in [5.74, 6) is -0.0519. The summed E-state index contributed by atoms with van der Waals surface area (Å²) in [5.41, 5.74) is -0.935. The fourth-order valence-electron chi connectivity index (χ4n) is 1.74. The van der Waals surface area contributed by atoms with Crippen LogP contribution in [0.15, 0.2) is 24.3 Å². The van der Waals surface area contributed by atoms with Crippen molar-refractivity contribution in [1.82, 2.24) is 0 Å². The first-order chi connectivity index (χ1) is 6.67. The van der Waals surface area contributed by atoms with Crippen LogP contribution >= 0.6 is 12.6 Å². The zero-order valence-corrected chi connectivity index (χ0v) is 8.74. The molecule has 0 amide bonds. The summed E-state index contributed by atoms with van der Waals surface area (Å²) >= 11 is 4.14. The van der Waals surface area contributed by atoms with E-state index < -0.39 is 5.60 Å². The number of ketones is 1. The SMILES string of the molecule is CC(S)C(=O)C12C=CC=CC1OCO2. The van der Waals surface area contributed by atoms with E-state index in [1.54, 1.807) is 19.1 Å². The molecule has 1 aliphatic heterocycles. The maximum atomic E-state index is 11.9. The van der Waals surface area contributed by atoms with Crippen molar-refractivity contribution in [3.63, 3.8) is 0 Å². The zero-order chi connectivity index (χ0) is 10.2. The number of fused-ring (bicyclic) bond motifs is 1. The summed E-state index contributed by atoms with van der Waals surface area (Å²) in [6.45, 7) is 1.90. The molecule has 1 saturated heterocycles. The highest BCUT2D eigenvalue weighted by Crippen LogP contribution is 2.33. The number of rotatable bonds is 2. The van der Waals surface area contributed by atoms with Crippen molar-refractivity contribution in [3.05, 3.63) is 24.3 Å². The highest BCUT2D eigenvalue weighted by Gasteiger charge is 2.50. The van der Waals surface area contributed by atoms with Crippen molar-refractivity contribution in [1.29, 1.82) is 0 Å². The Morgan fingerprint density at radius 1 is 1.64 bits per heavy atom. The van der Waals surface area contributed by atoms with Gasteiger partial charge in [0.15, 0.2) is 11.4 Å². The van der Waals surface area contributed by atoms with Gasteiger partial charge in [-0.1, -0.05) is 18.2 Å². The number of carbonyl (C=O) groups is 1. The summed E-state index contributed by atoms with van der Waals surface area (Å²) in [6.07, 6.45) is 6.95. The van der Waals surface area contributed by atoms with Gasteiger partial charge in [-0.15, -0.1) is 0 Å². The van der Waals surface area contributed by atoms with Gasteiger partial charge in [0.25, 0.3) is 0 Å². The quantitative estimate of drug-likeness (QED) is 0.696. The van der Waals surface area contributed by atoms with Crippen LogP contribution in [-0.2, 0) is 14.3 Å². The Labute approximate surface area is 88.2 Å². The summed E-state index contributed by atoms with van der Waals surface area (Å²) in [7, 11) is 0. The van der Waals surface area contributed by atoms with E-state index in [4.69, 9.17) is 9.47 Å². The van der Waals surface area contributed by atoms with Crippen molar-refractivity contribution < 1.29 is 14.3 Å². The van der Waals surface area contributed by atoms with Crippen molar-refractivity contribution in [2.75, 3.05) is 6.79 Å². The Balaban J connectivity index is 2.33. The number of carbonyl (C=O) groups excluding carboxylic acids is 1. The van der Waals surface area contributed by atoms with Gasteiger partial charge in [0.1, 0.15) is 12.9 Å². The summed E-state index contributed by atoms with van der Waals surface area (Å²) in [6, 6.07) is 0. The Morgan fingerprint density at radius 2 is 2.43 bits per heavy atom. The molecule has 4 heteroatoms. The van der Waals surface area contributed by atoms with Crippen LogP contribution in [0.25, 0.3) is 0 Å². The number of ether oxygens (including phenoxy) is 2. The minimum atomic E-state index is -0.935. The molecule has 76 valence electrons. The Kier molecular flexibility index (Phi) is 2.51. The Morgan fingerprint density at radius 3 is 3.14 bits per heavy atom. The van der Waals surface area contributed by atoms with Crippen LogP contribution in [0.4, 0.5) is 0 Å². The minimum absolute atomic E-state index is 0.0519. The maximum Gasteiger partial charge on any atom is 0.184 e. The van der Waals surface area contributed by atoms with Crippen LogP contribution in [0.3, 0.4) is 0 Å². The van der Waals surface area contributed by atoms with E-state index in [0.717, 1.165) is 0 Å². The van der Waals surface area contributed by atoms with Gasteiger partial charge in [-0.2, -0.15) is 12.6 Å². The fourth-order valence-corrected chi connectivity index (χ4v) is 1.94. The number of hydrogen-bond acceptors (Lipinski definition) is 4. The highest BCUT2D eigenvalue weighted by molar-refractivity contribution is 7.81. The highest BCUT2D eigenvalue weighted by atomic mass is 32.1. The van der Waals surface area contributed by atoms with Gasteiger partial charge >= 0.3 is 0 Å². The Bertz CT molecular complexity index is 308. The van der Waals surface area contributed by atoms with Crippen LogP contribution in [0.1, 0.15) is 6.92 Å². The van der Waals surface area contributed by atoms with E-state index in [2.05, 4.69) is 12.6 Å². The van der Waals surface area contributed by atoms with Crippen LogP contribution in [0, 0.1) is 0 Å². The first-order valence-corrected chi connectivity index (χ1v) is 5.02. The molecule has 0 aromatic rings. The predicted molar refractivity (Wildman–Crippen MR) is 55.3 cm³/mol. The van der Waals surface area contributed by atoms with Crippen LogP contribution < -0.4 is 0 Å². The lowest BCUT2D eigenvalue weighted by atomic mass is 9.87. The second kappa shape index (κ2) is 3.53. The van der Waals surface area contributed by atoms with Gasteiger partial charge in [0.2, 0.25) is 0 Å². The van der Waals surface area contributed by atoms with Gasteiger partial charge in [-0.05, 0) is 13.0 Å². The summed E-state index contributed by atoms with van der Waals surface area (Å²) < 4.78 is 10.7. The van der Waals surface area contributed by atoms with E-state index in [9.17, 15) is 4.79 Å². The molecular formula is C10H12O3S. The van der Waals surface area contributed by atoms with Gasteiger partial charge in [-0.25, -0.2) is 0 Å². The molecular weight excluding hydrogens is 200 g/mol. The molecule has 1 heterocycles. The third kappa shape index (κ3) is 1.34. The third-order valence-electron chi connectivity index (χ3n) is 2.47. The molecule has 1 fully saturated rings. The van der Waals surface area contributed by atoms with Crippen LogP contribution in [-0.4, -0.2) is 29.5 Å². The average molecular weight is 212 g/mol. The molecule has 14 heavy (non-hydrogen) atoms. The van der Waals surface area contributed by atoms with Gasteiger partial charge < -0.3 is 9.47 Å². The summed E-state index contributed by atoms with van der Waals surface area (Å²) in [4.78, 5) is 11.9. The van der Waals surface area contributed by atoms with Crippen LogP contribution in [0.5, 0.6) is 0 Å². The largest absolute Gasteiger partial charge is 0.344 e. The molecule has 0 saturated carbocycles. The average Bonchev–Trinajstić information content (AvgIpc) is 2.60. The molecule has 0 bridgehead atoms. The van der Waals surface area contributed by atoms with Crippen molar-refractivity contribution in [3.8, 4) is 0 Å². The monoisotopic (exact) mass is 212 g/mol. The summed E-state index contributed by atoms with van der Waals surface area (Å²) in [5, 5.41) is -0.352. The van der Waals surface area contributed by atoms with Gasteiger partial charge in [0, 0.05) is 0 Å². The van der Waals surface area contributed by atoms with Crippen molar-refractivity contribution in [2.45, 2.75) is 23.9 Å². The maximum absolute atomic E-state index is 11.9. The van der Waals surface area contributed by atoms with E-state index >= 15 is 0 Å². The predicted octanol–water partition coefficient (Wildman–Crippen LogP) is 1.11. The smallest absolute Gasteiger partial charge is 0.184 e. The molecule has 0 radical (unpaired) electrons. The lowest BCUT2D eigenvalue weighted by Gasteiger charge is -2.29. The first kappa shape index (κ1) is 9.96. The molecule has 3 nitrogen and oxygen atoms in total. The van der Waals surface area contributed by atoms with E-state index in [0.29, 0.717) is 0 Å². The normalized spacial score (nSPS) is 36.9. The van der Waals surface area contributed by atoms with E-state index in [-0.39, 0.29) is 23.9 Å². The molecule has 0 spiro atoms. The lowest BCUT2D eigenvalue weighted by Crippen LogP contribution is -2.48. The molecule has 2 aliphatic rings. The molecule has 1 aliphatic carbocycles. The topological polar surface area (TPSA) is 35.5 Å². The first-order valence-electron chi connectivity index (χ1n) is 4.51. The lowest BCUT2D eigenvalue weighted by molar-refractivity contribution is -0.133. The van der Waals surface area contributed by atoms with E-state index in [1.165, 1.54) is 0 Å². The minimum Gasteiger partial charge on any atom is -0.344 e. The van der Waals surface area contributed by atoms with Crippen LogP contribution in [0.2, 0.25) is 0 Å². The molecule has 0 N–H and O–H groups in total. The number of Topliss-reactive ketones (excluding diaryl/α,β-unsaturated/α-hetero) is 1. The molecule has 2 rings (SSSR count). The molecule has 3 unspecified atom stereocenters. The standard InChI is InChI=1S/C10H12O3S/c1-7(14)9(11)10-5-3-2-4-8(10)12-6-13-10/h2-5,7-8,14H,6H2,1H3. The number of thiol groups is 1. The third-order valence-corrected chi connectivity index (χ3v) is 2.71. The van der Waals surface area contributed by atoms with Gasteiger partial charge in [0.05, 0.1) is 5.25 Å². The fraction of sp³-hybridized carbons (Fsp3) is 0.500. The van der Waals surface area contributed by atoms with Gasteiger partial charge in [-0.3, -0.25) is 4.79 Å². The second-order valence-electron chi connectivity index (χ2n) is 3.43.